The van der Waals surface area contributed by atoms with Crippen molar-refractivity contribution in [3.05, 3.63) is 68.7 Å². The minimum Gasteiger partial charge on any atom is -0.368 e. The van der Waals surface area contributed by atoms with Crippen LogP contribution in [0.15, 0.2) is 40.9 Å². The third kappa shape index (κ3) is 5.79. The second-order valence-corrected chi connectivity index (χ2v) is 6.71. The monoisotopic (exact) mass is 430 g/mol. The van der Waals surface area contributed by atoms with E-state index in [1.54, 1.807) is 18.2 Å². The molecule has 3 N–H and O–H groups in total. The van der Waals surface area contributed by atoms with Crippen LogP contribution in [-0.4, -0.2) is 17.9 Å². The SMILES string of the molecule is NC(=O)[C@H](Cc1cc(Cl)ccc1Br)NC(=O)Cc1cc(F)cc(F)c1. The molecule has 2 aromatic carbocycles. The maximum Gasteiger partial charge on any atom is 0.240 e. The summed E-state index contributed by atoms with van der Waals surface area (Å²) in [7, 11) is 0. The molecule has 0 aliphatic rings. The van der Waals surface area contributed by atoms with E-state index in [-0.39, 0.29) is 18.4 Å². The molecule has 0 aliphatic heterocycles. The molecule has 0 radical (unpaired) electrons. The summed E-state index contributed by atoms with van der Waals surface area (Å²) in [5, 5.41) is 2.95. The maximum atomic E-state index is 13.2. The molecule has 0 fully saturated rings. The average molecular weight is 432 g/mol. The van der Waals surface area contributed by atoms with Crippen LogP contribution in [-0.2, 0) is 22.4 Å². The van der Waals surface area contributed by atoms with Gasteiger partial charge in [0.15, 0.2) is 0 Å². The molecule has 0 heterocycles. The van der Waals surface area contributed by atoms with Gasteiger partial charge < -0.3 is 11.1 Å². The molecule has 132 valence electrons. The smallest absolute Gasteiger partial charge is 0.240 e. The van der Waals surface area contributed by atoms with E-state index in [0.29, 0.717) is 21.1 Å². The molecule has 0 aliphatic carbocycles. The molecule has 0 unspecified atom stereocenters. The first-order valence-electron chi connectivity index (χ1n) is 7.22. The molecular formula is C17H14BrClF2N2O2. The van der Waals surface area contributed by atoms with Gasteiger partial charge in [0.1, 0.15) is 17.7 Å². The molecule has 0 saturated heterocycles. The zero-order chi connectivity index (χ0) is 18.6. The lowest BCUT2D eigenvalue weighted by atomic mass is 10.0. The molecule has 25 heavy (non-hydrogen) atoms. The summed E-state index contributed by atoms with van der Waals surface area (Å²) in [4.78, 5) is 23.7. The van der Waals surface area contributed by atoms with E-state index in [4.69, 9.17) is 17.3 Å². The van der Waals surface area contributed by atoms with Gasteiger partial charge in [-0.3, -0.25) is 9.59 Å². The van der Waals surface area contributed by atoms with E-state index in [2.05, 4.69) is 21.2 Å². The lowest BCUT2D eigenvalue weighted by Gasteiger charge is -2.17. The molecule has 0 spiro atoms. The number of hydrogen-bond acceptors (Lipinski definition) is 2. The predicted molar refractivity (Wildman–Crippen MR) is 94.0 cm³/mol. The predicted octanol–water partition coefficient (Wildman–Crippen LogP) is 3.14. The summed E-state index contributed by atoms with van der Waals surface area (Å²) in [6, 6.07) is 6.87. The van der Waals surface area contributed by atoms with Gasteiger partial charge in [0.25, 0.3) is 0 Å². The van der Waals surface area contributed by atoms with Crippen LogP contribution in [0.5, 0.6) is 0 Å². The number of primary amides is 1. The topological polar surface area (TPSA) is 72.2 Å². The quantitative estimate of drug-likeness (QED) is 0.737. The Bertz CT molecular complexity index is 797. The zero-order valence-electron chi connectivity index (χ0n) is 12.9. The minimum absolute atomic E-state index is 0.125. The highest BCUT2D eigenvalue weighted by Crippen LogP contribution is 2.22. The van der Waals surface area contributed by atoms with Crippen LogP contribution in [0.1, 0.15) is 11.1 Å². The Hall–Kier alpha value is -1.99. The molecule has 1 atom stereocenters. The van der Waals surface area contributed by atoms with Crippen LogP contribution in [0.4, 0.5) is 8.78 Å². The summed E-state index contributed by atoms with van der Waals surface area (Å²) < 4.78 is 27.1. The number of carbonyl (C=O) groups is 2. The van der Waals surface area contributed by atoms with Crippen LogP contribution in [0, 0.1) is 11.6 Å². The highest BCUT2D eigenvalue weighted by atomic mass is 79.9. The fraction of sp³-hybridized carbons (Fsp3) is 0.176. The Balaban J connectivity index is 2.09. The molecule has 0 aromatic heterocycles. The highest BCUT2D eigenvalue weighted by Gasteiger charge is 2.20. The van der Waals surface area contributed by atoms with Crippen LogP contribution in [0.25, 0.3) is 0 Å². The Labute approximate surface area is 156 Å². The van der Waals surface area contributed by atoms with Gasteiger partial charge in [0.2, 0.25) is 11.8 Å². The number of benzene rings is 2. The molecule has 2 rings (SSSR count). The zero-order valence-corrected chi connectivity index (χ0v) is 15.2. The van der Waals surface area contributed by atoms with Crippen molar-refractivity contribution >= 4 is 39.3 Å². The Morgan fingerprint density at radius 1 is 1.16 bits per heavy atom. The molecular weight excluding hydrogens is 418 g/mol. The minimum atomic E-state index is -0.985. The van der Waals surface area contributed by atoms with Crippen molar-refractivity contribution in [1.29, 1.82) is 0 Å². The Morgan fingerprint density at radius 3 is 2.40 bits per heavy atom. The number of nitrogens with two attached hydrogens (primary N) is 1. The van der Waals surface area contributed by atoms with Crippen molar-refractivity contribution in [1.82, 2.24) is 5.32 Å². The van der Waals surface area contributed by atoms with Crippen LogP contribution < -0.4 is 11.1 Å². The summed E-state index contributed by atoms with van der Waals surface area (Å²) in [5.41, 5.74) is 6.18. The van der Waals surface area contributed by atoms with E-state index in [0.717, 1.165) is 12.1 Å². The number of rotatable bonds is 6. The maximum absolute atomic E-state index is 13.2. The van der Waals surface area contributed by atoms with Gasteiger partial charge in [0, 0.05) is 22.0 Å². The van der Waals surface area contributed by atoms with Gasteiger partial charge in [-0.15, -0.1) is 0 Å². The van der Waals surface area contributed by atoms with E-state index < -0.39 is 29.5 Å². The highest BCUT2D eigenvalue weighted by molar-refractivity contribution is 9.10. The fourth-order valence-corrected chi connectivity index (χ4v) is 2.89. The summed E-state index contributed by atoms with van der Waals surface area (Å²) in [6.07, 6.45) is -0.158. The van der Waals surface area contributed by atoms with E-state index in [1.165, 1.54) is 0 Å². The first-order valence-corrected chi connectivity index (χ1v) is 8.39. The second kappa shape index (κ2) is 8.40. The summed E-state index contributed by atoms with van der Waals surface area (Å²) >= 11 is 9.26. The third-order valence-electron chi connectivity index (χ3n) is 3.40. The Morgan fingerprint density at radius 2 is 1.80 bits per heavy atom. The fourth-order valence-electron chi connectivity index (χ4n) is 2.29. The van der Waals surface area contributed by atoms with Gasteiger partial charge in [-0.25, -0.2) is 8.78 Å². The van der Waals surface area contributed by atoms with Crippen molar-refractivity contribution in [3.8, 4) is 0 Å². The van der Waals surface area contributed by atoms with Crippen molar-refractivity contribution in [3.63, 3.8) is 0 Å². The number of hydrogen-bond donors (Lipinski definition) is 2. The van der Waals surface area contributed by atoms with Gasteiger partial charge in [-0.2, -0.15) is 0 Å². The lowest BCUT2D eigenvalue weighted by molar-refractivity contribution is -0.127. The van der Waals surface area contributed by atoms with Gasteiger partial charge >= 0.3 is 0 Å². The van der Waals surface area contributed by atoms with E-state index in [9.17, 15) is 18.4 Å². The van der Waals surface area contributed by atoms with Crippen molar-refractivity contribution in [2.45, 2.75) is 18.9 Å². The molecule has 2 aromatic rings. The first kappa shape index (κ1) is 19.3. The van der Waals surface area contributed by atoms with Crippen molar-refractivity contribution in [2.24, 2.45) is 5.73 Å². The number of carbonyl (C=O) groups excluding carboxylic acids is 2. The Kier molecular flexibility index (Phi) is 6.50. The van der Waals surface area contributed by atoms with Gasteiger partial charge in [-0.05, 0) is 41.5 Å². The number of halogens is 4. The third-order valence-corrected chi connectivity index (χ3v) is 4.41. The number of amides is 2. The first-order chi connectivity index (χ1) is 11.7. The molecule has 4 nitrogen and oxygen atoms in total. The summed E-state index contributed by atoms with van der Waals surface area (Å²) in [5.74, 6) is -2.87. The lowest BCUT2D eigenvalue weighted by Crippen LogP contribution is -2.46. The largest absolute Gasteiger partial charge is 0.368 e. The standard InChI is InChI=1S/C17H14BrClF2N2O2/c18-14-2-1-11(19)6-10(14)7-15(17(22)25)23-16(24)5-9-3-12(20)8-13(21)4-9/h1-4,6,8,15H,5,7H2,(H2,22,25)(H,23,24)/t15-/m0/s1. The van der Waals surface area contributed by atoms with Crippen LogP contribution in [0.3, 0.4) is 0 Å². The van der Waals surface area contributed by atoms with Gasteiger partial charge in [-0.1, -0.05) is 27.5 Å². The van der Waals surface area contributed by atoms with E-state index in [1.807, 2.05) is 0 Å². The average Bonchev–Trinajstić information content (AvgIpc) is 2.48. The van der Waals surface area contributed by atoms with Crippen molar-refractivity contribution < 1.29 is 18.4 Å². The van der Waals surface area contributed by atoms with Crippen LogP contribution in [0.2, 0.25) is 5.02 Å². The molecule has 8 heteroatoms. The van der Waals surface area contributed by atoms with Crippen LogP contribution >= 0.6 is 27.5 Å². The molecule has 0 saturated carbocycles. The van der Waals surface area contributed by atoms with Crippen molar-refractivity contribution in [2.75, 3.05) is 0 Å². The molecule has 2 amide bonds. The number of nitrogens with one attached hydrogen (secondary N) is 1. The second-order valence-electron chi connectivity index (χ2n) is 5.42. The molecule has 0 bridgehead atoms. The van der Waals surface area contributed by atoms with E-state index >= 15 is 0 Å². The normalized spacial score (nSPS) is 11.8. The summed E-state index contributed by atoms with van der Waals surface area (Å²) in [6.45, 7) is 0. The van der Waals surface area contributed by atoms with Gasteiger partial charge in [0.05, 0.1) is 6.42 Å².